The predicted octanol–water partition coefficient (Wildman–Crippen LogP) is 16.1. The van der Waals surface area contributed by atoms with Crippen LogP contribution in [0.25, 0.3) is 126 Å². The second-order valence-corrected chi connectivity index (χ2v) is 16.3. The molecule has 2 nitrogen and oxygen atoms in total. The number of pyridine rings is 1. The van der Waals surface area contributed by atoms with Gasteiger partial charge in [-0.3, -0.25) is 4.40 Å². The van der Waals surface area contributed by atoms with Gasteiger partial charge in [-0.1, -0.05) is 164 Å². The third-order valence-corrected chi connectivity index (χ3v) is 12.9. The Labute approximate surface area is 352 Å². The van der Waals surface area contributed by atoms with Gasteiger partial charge in [0.1, 0.15) is 5.65 Å². The van der Waals surface area contributed by atoms with Crippen molar-refractivity contribution in [2.45, 2.75) is 0 Å². The number of rotatable bonds is 4. The van der Waals surface area contributed by atoms with E-state index in [1.165, 1.54) is 104 Å². The van der Waals surface area contributed by atoms with Crippen LogP contribution in [0.1, 0.15) is 0 Å². The maximum Gasteiger partial charge on any atom is 0.146 e. The molecule has 2 heteroatoms. The van der Waals surface area contributed by atoms with Crippen LogP contribution >= 0.6 is 0 Å². The first-order valence-electron chi connectivity index (χ1n) is 21.0. The van der Waals surface area contributed by atoms with E-state index in [2.05, 4.69) is 223 Å². The Morgan fingerprint density at radius 3 is 1.51 bits per heavy atom. The van der Waals surface area contributed by atoms with Crippen LogP contribution in [0.2, 0.25) is 0 Å². The van der Waals surface area contributed by atoms with Crippen LogP contribution in [-0.2, 0) is 0 Å². The second kappa shape index (κ2) is 13.2. The van der Waals surface area contributed by atoms with Gasteiger partial charge in [-0.15, -0.1) is 0 Å². The summed E-state index contributed by atoms with van der Waals surface area (Å²) in [6, 6.07) is 80.3. The van der Waals surface area contributed by atoms with Crippen molar-refractivity contribution < 1.29 is 0 Å². The molecule has 0 spiro atoms. The van der Waals surface area contributed by atoms with Crippen molar-refractivity contribution in [3.63, 3.8) is 0 Å². The van der Waals surface area contributed by atoms with Gasteiger partial charge >= 0.3 is 0 Å². The lowest BCUT2D eigenvalue weighted by atomic mass is 9.84. The summed E-state index contributed by atoms with van der Waals surface area (Å²) < 4.78 is 2.31. The standard InChI is InChI=1S/C59H36N2/c1-2-12-37(13-3-1)43-28-30-50-53(36-43)58(49-18-7-6-17-48(49)57(50)45-26-22-38-14-4-5-15-39(38)33-45)46-27-25-40-32-41(23-24-42(40)34-46)44-29-31-51-52(35-44)47-16-8-10-20-55(47)61-56-21-11-9-19-54(56)60-59(51)61/h1-36H. The summed E-state index contributed by atoms with van der Waals surface area (Å²) in [5, 5.41) is 13.5. The number of aromatic nitrogens is 2. The lowest BCUT2D eigenvalue weighted by Crippen LogP contribution is -1.92. The minimum absolute atomic E-state index is 0.994. The van der Waals surface area contributed by atoms with Gasteiger partial charge in [0.25, 0.3) is 0 Å². The van der Waals surface area contributed by atoms with Crippen molar-refractivity contribution in [3.8, 4) is 44.5 Å². The fraction of sp³-hybridized carbons (Fsp3) is 0. The van der Waals surface area contributed by atoms with E-state index in [1.54, 1.807) is 0 Å². The van der Waals surface area contributed by atoms with Crippen LogP contribution in [0.15, 0.2) is 218 Å². The lowest BCUT2D eigenvalue weighted by molar-refractivity contribution is 1.31. The van der Waals surface area contributed by atoms with Gasteiger partial charge in [-0.2, -0.15) is 0 Å². The van der Waals surface area contributed by atoms with Crippen LogP contribution in [-0.4, -0.2) is 9.38 Å². The first kappa shape index (κ1) is 33.9. The van der Waals surface area contributed by atoms with Gasteiger partial charge in [0.15, 0.2) is 0 Å². The molecule has 0 atom stereocenters. The normalized spacial score (nSPS) is 11.9. The molecule has 0 saturated heterocycles. The third-order valence-electron chi connectivity index (χ3n) is 12.9. The van der Waals surface area contributed by atoms with Crippen LogP contribution in [0.3, 0.4) is 0 Å². The quantitative estimate of drug-likeness (QED) is 0.129. The van der Waals surface area contributed by atoms with Crippen LogP contribution in [0.4, 0.5) is 0 Å². The molecule has 0 N–H and O–H groups in total. The molecule has 0 bridgehead atoms. The van der Waals surface area contributed by atoms with Crippen molar-refractivity contribution in [3.05, 3.63) is 218 Å². The molecule has 13 aromatic rings. The first-order chi connectivity index (χ1) is 30.2. The van der Waals surface area contributed by atoms with Crippen LogP contribution < -0.4 is 0 Å². The predicted molar refractivity (Wildman–Crippen MR) is 259 cm³/mol. The minimum Gasteiger partial charge on any atom is -0.292 e. The Hall–Kier alpha value is -8.07. The van der Waals surface area contributed by atoms with E-state index in [4.69, 9.17) is 4.98 Å². The topological polar surface area (TPSA) is 17.3 Å². The van der Waals surface area contributed by atoms with Gasteiger partial charge in [0, 0.05) is 10.8 Å². The molecule has 13 rings (SSSR count). The number of hydrogen-bond donors (Lipinski definition) is 0. The minimum atomic E-state index is 0.994. The number of hydrogen-bond acceptors (Lipinski definition) is 1. The highest BCUT2D eigenvalue weighted by Crippen LogP contribution is 2.46. The second-order valence-electron chi connectivity index (χ2n) is 16.3. The van der Waals surface area contributed by atoms with Crippen LogP contribution in [0, 0.1) is 0 Å². The van der Waals surface area contributed by atoms with Crippen molar-refractivity contribution in [2.75, 3.05) is 0 Å². The summed E-state index contributed by atoms with van der Waals surface area (Å²) in [6.45, 7) is 0. The molecule has 0 aliphatic rings. The fourth-order valence-electron chi connectivity index (χ4n) is 10.0. The molecular weight excluding hydrogens is 737 g/mol. The van der Waals surface area contributed by atoms with E-state index in [0.717, 1.165) is 22.1 Å². The Bertz CT molecular complexity index is 3930. The van der Waals surface area contributed by atoms with Gasteiger partial charge in [0.05, 0.1) is 16.6 Å². The summed E-state index contributed by atoms with van der Waals surface area (Å²) in [5.74, 6) is 0. The third kappa shape index (κ3) is 5.26. The Balaban J connectivity index is 0.990. The van der Waals surface area contributed by atoms with E-state index < -0.39 is 0 Å². The van der Waals surface area contributed by atoms with Crippen molar-refractivity contribution in [1.29, 1.82) is 0 Å². The Kier molecular flexibility index (Phi) is 7.34. The van der Waals surface area contributed by atoms with Crippen molar-refractivity contribution in [2.24, 2.45) is 0 Å². The summed E-state index contributed by atoms with van der Waals surface area (Å²) in [4.78, 5) is 5.12. The first-order valence-corrected chi connectivity index (χ1v) is 21.0. The average Bonchev–Trinajstić information content (AvgIpc) is 3.73. The maximum absolute atomic E-state index is 5.12. The fourth-order valence-corrected chi connectivity index (χ4v) is 10.0. The summed E-state index contributed by atoms with van der Waals surface area (Å²) in [5.41, 5.74) is 14.1. The van der Waals surface area contributed by atoms with Gasteiger partial charge < -0.3 is 0 Å². The molecule has 0 saturated carbocycles. The monoisotopic (exact) mass is 772 g/mol. The molecule has 0 fully saturated rings. The molecule has 0 radical (unpaired) electrons. The van der Waals surface area contributed by atoms with Crippen LogP contribution in [0.5, 0.6) is 0 Å². The zero-order chi connectivity index (χ0) is 40.0. The van der Waals surface area contributed by atoms with E-state index in [0.29, 0.717) is 0 Å². The molecule has 0 amide bonds. The largest absolute Gasteiger partial charge is 0.292 e. The molecule has 0 aliphatic heterocycles. The maximum atomic E-state index is 5.12. The molecule has 282 valence electrons. The molecule has 0 unspecified atom stereocenters. The number of para-hydroxylation sites is 3. The summed E-state index contributed by atoms with van der Waals surface area (Å²) in [6.07, 6.45) is 0. The summed E-state index contributed by atoms with van der Waals surface area (Å²) >= 11 is 0. The SMILES string of the molecule is c1ccc(-c2ccc3c(-c4ccc5ccccc5c4)c4ccccc4c(-c4ccc5cc(-c6ccc7c(c6)c6ccccc6n6c8ccccc8nc76)ccc5c4)c3c2)cc1. The summed E-state index contributed by atoms with van der Waals surface area (Å²) in [7, 11) is 0. The van der Waals surface area contributed by atoms with Crippen molar-refractivity contribution in [1.82, 2.24) is 9.38 Å². The van der Waals surface area contributed by atoms with Crippen molar-refractivity contribution >= 4 is 81.4 Å². The molecular formula is C59H36N2. The molecule has 11 aromatic carbocycles. The van der Waals surface area contributed by atoms with Gasteiger partial charge in [0.2, 0.25) is 0 Å². The number of imidazole rings is 1. The highest BCUT2D eigenvalue weighted by molar-refractivity contribution is 6.23. The van der Waals surface area contributed by atoms with E-state index in [9.17, 15) is 0 Å². The highest BCUT2D eigenvalue weighted by Gasteiger charge is 2.19. The molecule has 2 heterocycles. The molecule has 0 aliphatic carbocycles. The molecule has 61 heavy (non-hydrogen) atoms. The van der Waals surface area contributed by atoms with E-state index in [1.807, 2.05) is 0 Å². The smallest absolute Gasteiger partial charge is 0.146 e. The van der Waals surface area contributed by atoms with E-state index in [-0.39, 0.29) is 0 Å². The Morgan fingerprint density at radius 1 is 0.262 bits per heavy atom. The lowest BCUT2D eigenvalue weighted by Gasteiger charge is -2.19. The number of fused-ring (bicyclic) bond motifs is 12. The zero-order valence-electron chi connectivity index (χ0n) is 33.2. The number of benzene rings is 11. The van der Waals surface area contributed by atoms with E-state index >= 15 is 0 Å². The highest BCUT2D eigenvalue weighted by atomic mass is 15.0. The number of nitrogens with zero attached hydrogens (tertiary/aromatic N) is 2. The average molecular weight is 773 g/mol. The van der Waals surface area contributed by atoms with Gasteiger partial charge in [-0.05, 0) is 148 Å². The van der Waals surface area contributed by atoms with Gasteiger partial charge in [-0.25, -0.2) is 4.98 Å². The molecule has 2 aromatic heterocycles. The zero-order valence-corrected chi connectivity index (χ0v) is 33.2. The Morgan fingerprint density at radius 2 is 0.738 bits per heavy atom.